The Labute approximate surface area is 119 Å². The van der Waals surface area contributed by atoms with Gasteiger partial charge >= 0.3 is 5.97 Å². The van der Waals surface area contributed by atoms with Gasteiger partial charge in [0.1, 0.15) is 11.8 Å². The van der Waals surface area contributed by atoms with Gasteiger partial charge in [-0.1, -0.05) is 37.8 Å². The van der Waals surface area contributed by atoms with E-state index in [1.165, 1.54) is 12.8 Å². The molecule has 1 heterocycles. The molecule has 1 fully saturated rings. The molecule has 1 saturated carbocycles. The Morgan fingerprint density at radius 2 is 2.15 bits per heavy atom. The van der Waals surface area contributed by atoms with E-state index in [0.29, 0.717) is 25.3 Å². The Kier molecular flexibility index (Phi) is 3.64. The van der Waals surface area contributed by atoms with Crippen LogP contribution in [0.15, 0.2) is 23.9 Å². The fourth-order valence-electron chi connectivity index (χ4n) is 3.71. The zero-order valence-electron chi connectivity index (χ0n) is 11.6. The molecule has 0 spiro atoms. The highest BCUT2D eigenvalue weighted by Crippen LogP contribution is 2.34. The van der Waals surface area contributed by atoms with Gasteiger partial charge in [-0.3, -0.25) is 4.79 Å². The number of fused-ring (bicyclic) bond motifs is 1. The van der Waals surface area contributed by atoms with Crippen LogP contribution in [0.3, 0.4) is 0 Å². The van der Waals surface area contributed by atoms with Gasteiger partial charge < -0.3 is 10.0 Å². The Balaban J connectivity index is 1.73. The Morgan fingerprint density at radius 1 is 1.40 bits per heavy atom. The minimum atomic E-state index is -0.760. The summed E-state index contributed by atoms with van der Waals surface area (Å²) in [7, 11) is 0. The van der Waals surface area contributed by atoms with E-state index in [9.17, 15) is 14.7 Å². The van der Waals surface area contributed by atoms with Crippen molar-refractivity contribution in [3.05, 3.63) is 23.9 Å². The quantitative estimate of drug-likeness (QED) is 0.855. The van der Waals surface area contributed by atoms with E-state index in [-0.39, 0.29) is 11.7 Å². The van der Waals surface area contributed by atoms with E-state index in [1.54, 1.807) is 0 Å². The molecule has 0 aromatic heterocycles. The number of carboxylic acid groups (broad SMARTS) is 1. The van der Waals surface area contributed by atoms with Crippen molar-refractivity contribution < 1.29 is 14.7 Å². The first-order chi connectivity index (χ1) is 9.65. The number of Topliss-reactive ketones (excluding diaryl/α,β-unsaturated/α-hetero) is 1. The predicted molar refractivity (Wildman–Crippen MR) is 75.0 cm³/mol. The van der Waals surface area contributed by atoms with Crippen LogP contribution in [-0.2, 0) is 9.59 Å². The van der Waals surface area contributed by atoms with E-state index >= 15 is 0 Å². The summed E-state index contributed by atoms with van der Waals surface area (Å²) in [5, 5.41) is 9.52. The molecular weight excluding hydrogens is 254 g/mol. The average Bonchev–Trinajstić information content (AvgIpc) is 3.05. The second-order valence-corrected chi connectivity index (χ2v) is 6.19. The third-order valence-corrected chi connectivity index (χ3v) is 4.85. The van der Waals surface area contributed by atoms with Crippen LogP contribution in [-0.4, -0.2) is 34.3 Å². The van der Waals surface area contributed by atoms with E-state index < -0.39 is 12.0 Å². The van der Waals surface area contributed by atoms with Crippen LogP contribution in [0.1, 0.15) is 38.5 Å². The van der Waals surface area contributed by atoms with Gasteiger partial charge in [0.25, 0.3) is 0 Å². The van der Waals surface area contributed by atoms with Gasteiger partial charge in [0, 0.05) is 19.2 Å². The molecule has 4 nitrogen and oxygen atoms in total. The summed E-state index contributed by atoms with van der Waals surface area (Å²) < 4.78 is 0. The Hall–Kier alpha value is -1.58. The van der Waals surface area contributed by atoms with Gasteiger partial charge in [-0.05, 0) is 17.9 Å². The minimum Gasteiger partial charge on any atom is -0.480 e. The normalized spacial score (nSPS) is 27.6. The minimum absolute atomic E-state index is 0.106. The van der Waals surface area contributed by atoms with Gasteiger partial charge in [0.2, 0.25) is 0 Å². The lowest BCUT2D eigenvalue weighted by atomic mass is 9.90. The smallest absolute Gasteiger partial charge is 0.326 e. The third-order valence-electron chi connectivity index (χ3n) is 4.85. The van der Waals surface area contributed by atoms with Crippen LogP contribution in [0.4, 0.5) is 0 Å². The second-order valence-electron chi connectivity index (χ2n) is 6.19. The number of carbonyl (C=O) groups excluding carboxylic acids is 1. The van der Waals surface area contributed by atoms with Gasteiger partial charge in [-0.2, -0.15) is 0 Å². The molecule has 20 heavy (non-hydrogen) atoms. The fraction of sp³-hybridized carbons (Fsp3) is 0.625. The highest BCUT2D eigenvalue weighted by Gasteiger charge is 2.37. The molecule has 2 atom stereocenters. The maximum absolute atomic E-state index is 11.9. The standard InChI is InChI=1S/C16H21NO3/c18-15-7-3-6-12-9-17(10-13(12)15)14(16(19)20)8-11-4-1-2-5-11/h3,6,9,11,13-14H,1-2,4-5,7-8,10H2,(H,19,20)/t13?,14-/m0/s1. The number of nitrogens with zero attached hydrogens (tertiary/aromatic N) is 1. The number of hydrogen-bond acceptors (Lipinski definition) is 3. The molecule has 4 heteroatoms. The summed E-state index contributed by atoms with van der Waals surface area (Å²) in [5.41, 5.74) is 0.985. The molecule has 1 N–H and O–H groups in total. The molecule has 0 amide bonds. The lowest BCUT2D eigenvalue weighted by Gasteiger charge is -2.27. The maximum atomic E-state index is 11.9. The second kappa shape index (κ2) is 5.43. The van der Waals surface area contributed by atoms with Crippen LogP contribution in [0.2, 0.25) is 0 Å². The summed E-state index contributed by atoms with van der Waals surface area (Å²) in [6.45, 7) is 0.544. The number of rotatable bonds is 4. The number of carbonyl (C=O) groups is 2. The summed E-state index contributed by atoms with van der Waals surface area (Å²) in [6.07, 6.45) is 11.7. The number of allylic oxidation sites excluding steroid dienone is 2. The summed E-state index contributed by atoms with van der Waals surface area (Å²) in [5.74, 6) is -0.121. The number of carboxylic acids is 1. The molecule has 0 aromatic carbocycles. The van der Waals surface area contributed by atoms with Crippen molar-refractivity contribution in [2.75, 3.05) is 6.54 Å². The van der Waals surface area contributed by atoms with Crippen molar-refractivity contribution in [2.24, 2.45) is 11.8 Å². The number of ketones is 1. The molecule has 0 radical (unpaired) electrons. The molecule has 108 valence electrons. The van der Waals surface area contributed by atoms with Crippen LogP contribution >= 0.6 is 0 Å². The zero-order chi connectivity index (χ0) is 14.1. The van der Waals surface area contributed by atoms with Crippen molar-refractivity contribution >= 4 is 11.8 Å². The first kappa shape index (κ1) is 13.4. The molecule has 3 aliphatic rings. The Morgan fingerprint density at radius 3 is 2.80 bits per heavy atom. The molecule has 0 saturated heterocycles. The SMILES string of the molecule is O=C1CC=CC2=CN([C@@H](CC3CCCC3)C(=O)O)CC12. The third kappa shape index (κ3) is 2.51. The van der Waals surface area contributed by atoms with Crippen molar-refractivity contribution in [2.45, 2.75) is 44.6 Å². The molecule has 1 unspecified atom stereocenters. The largest absolute Gasteiger partial charge is 0.480 e. The highest BCUT2D eigenvalue weighted by atomic mass is 16.4. The van der Waals surface area contributed by atoms with E-state index in [0.717, 1.165) is 18.4 Å². The fourth-order valence-corrected chi connectivity index (χ4v) is 3.71. The van der Waals surface area contributed by atoms with E-state index in [1.807, 2.05) is 23.3 Å². The number of aliphatic carboxylic acids is 1. The van der Waals surface area contributed by atoms with E-state index in [4.69, 9.17) is 0 Å². The summed E-state index contributed by atoms with van der Waals surface area (Å²) >= 11 is 0. The van der Waals surface area contributed by atoms with Crippen LogP contribution in [0, 0.1) is 11.8 Å². The first-order valence-electron chi connectivity index (χ1n) is 7.54. The first-order valence-corrected chi connectivity index (χ1v) is 7.54. The lowest BCUT2D eigenvalue weighted by molar-refractivity contribution is -0.143. The molecule has 1 aliphatic heterocycles. The molecule has 0 bridgehead atoms. The van der Waals surface area contributed by atoms with Crippen molar-refractivity contribution in [1.29, 1.82) is 0 Å². The molecule has 3 rings (SSSR count). The predicted octanol–water partition coefficient (Wildman–Crippen LogP) is 2.36. The van der Waals surface area contributed by atoms with E-state index in [2.05, 4.69) is 0 Å². The molecule has 2 aliphatic carbocycles. The van der Waals surface area contributed by atoms with Gasteiger partial charge in [0.15, 0.2) is 0 Å². The lowest BCUT2D eigenvalue weighted by Crippen LogP contribution is -2.39. The van der Waals surface area contributed by atoms with Crippen molar-refractivity contribution in [3.63, 3.8) is 0 Å². The van der Waals surface area contributed by atoms with Crippen LogP contribution in [0.25, 0.3) is 0 Å². The van der Waals surface area contributed by atoms with Gasteiger partial charge in [0.05, 0.1) is 5.92 Å². The maximum Gasteiger partial charge on any atom is 0.326 e. The monoisotopic (exact) mass is 275 g/mol. The molecular formula is C16H21NO3. The van der Waals surface area contributed by atoms with Crippen LogP contribution in [0.5, 0.6) is 0 Å². The Bertz CT molecular complexity index is 474. The summed E-state index contributed by atoms with van der Waals surface area (Å²) in [4.78, 5) is 25.4. The average molecular weight is 275 g/mol. The van der Waals surface area contributed by atoms with Crippen molar-refractivity contribution in [3.8, 4) is 0 Å². The van der Waals surface area contributed by atoms with Gasteiger partial charge in [-0.25, -0.2) is 4.79 Å². The molecule has 0 aromatic rings. The van der Waals surface area contributed by atoms with Crippen LogP contribution < -0.4 is 0 Å². The number of hydrogen-bond donors (Lipinski definition) is 1. The highest BCUT2D eigenvalue weighted by molar-refractivity contribution is 5.88. The summed E-state index contributed by atoms with van der Waals surface area (Å²) in [6, 6.07) is -0.475. The topological polar surface area (TPSA) is 57.6 Å². The van der Waals surface area contributed by atoms with Crippen molar-refractivity contribution in [1.82, 2.24) is 4.90 Å². The van der Waals surface area contributed by atoms with Gasteiger partial charge in [-0.15, -0.1) is 0 Å². The zero-order valence-corrected chi connectivity index (χ0v) is 11.6.